The lowest BCUT2D eigenvalue weighted by atomic mass is 10.1. The van der Waals surface area contributed by atoms with Crippen molar-refractivity contribution >= 4 is 63.3 Å². The smallest absolute Gasteiger partial charge is 0.238 e. The fourth-order valence-electron chi connectivity index (χ4n) is 3.56. The highest BCUT2D eigenvalue weighted by Gasteiger charge is 2.36. The Kier molecular flexibility index (Phi) is 8.40. The van der Waals surface area contributed by atoms with Crippen LogP contribution < -0.4 is 14.8 Å². The maximum Gasteiger partial charge on any atom is 0.238 e. The van der Waals surface area contributed by atoms with Gasteiger partial charge in [-0.1, -0.05) is 53.2 Å². The minimum atomic E-state index is -0.679. The minimum Gasteiger partial charge on any atom is -0.493 e. The number of aliphatic imine (C=N–C) groups is 1. The quantitative estimate of drug-likeness (QED) is 0.385. The number of hydrogen-bond acceptors (Lipinski definition) is 6. The van der Waals surface area contributed by atoms with Gasteiger partial charge in [-0.15, -0.1) is 0 Å². The van der Waals surface area contributed by atoms with E-state index in [1.165, 1.54) is 11.8 Å². The predicted molar refractivity (Wildman–Crippen MR) is 145 cm³/mol. The largest absolute Gasteiger partial charge is 0.493 e. The number of para-hydroxylation sites is 1. The van der Waals surface area contributed by atoms with Crippen LogP contribution >= 0.6 is 35.0 Å². The van der Waals surface area contributed by atoms with Crippen molar-refractivity contribution < 1.29 is 19.1 Å². The Labute approximate surface area is 223 Å². The van der Waals surface area contributed by atoms with Gasteiger partial charge in [-0.25, -0.2) is 4.99 Å². The van der Waals surface area contributed by atoms with Gasteiger partial charge in [0.15, 0.2) is 16.7 Å². The molecule has 1 unspecified atom stereocenters. The zero-order chi connectivity index (χ0) is 25.7. The maximum absolute atomic E-state index is 13.3. The zero-order valence-corrected chi connectivity index (χ0v) is 21.9. The van der Waals surface area contributed by atoms with Crippen molar-refractivity contribution in [3.05, 3.63) is 82.3 Å². The number of amidine groups is 1. The molecule has 0 saturated carbocycles. The molecule has 0 bridgehead atoms. The van der Waals surface area contributed by atoms with Gasteiger partial charge in [0.05, 0.1) is 37.2 Å². The van der Waals surface area contributed by atoms with Crippen molar-refractivity contribution in [1.29, 1.82) is 0 Å². The van der Waals surface area contributed by atoms with Gasteiger partial charge in [0.1, 0.15) is 5.25 Å². The van der Waals surface area contributed by atoms with E-state index in [1.807, 2.05) is 12.1 Å². The van der Waals surface area contributed by atoms with E-state index in [9.17, 15) is 9.59 Å². The average Bonchev–Trinajstić information content (AvgIpc) is 2.88. The molecule has 1 saturated heterocycles. The van der Waals surface area contributed by atoms with E-state index in [4.69, 9.17) is 32.7 Å². The van der Waals surface area contributed by atoms with E-state index in [-0.39, 0.29) is 24.8 Å². The third-order valence-electron chi connectivity index (χ3n) is 5.40. The number of ether oxygens (including phenoxy) is 2. The van der Waals surface area contributed by atoms with Crippen molar-refractivity contribution in [2.24, 2.45) is 4.99 Å². The maximum atomic E-state index is 13.3. The Balaban J connectivity index is 1.62. The highest BCUT2D eigenvalue weighted by Crippen LogP contribution is 2.34. The van der Waals surface area contributed by atoms with Crippen LogP contribution in [0.2, 0.25) is 10.0 Å². The first-order valence-corrected chi connectivity index (χ1v) is 12.6. The van der Waals surface area contributed by atoms with Gasteiger partial charge in [0, 0.05) is 11.4 Å². The monoisotopic (exact) mass is 543 g/mol. The van der Waals surface area contributed by atoms with Crippen LogP contribution in [0.4, 0.5) is 11.4 Å². The second-order valence-electron chi connectivity index (χ2n) is 7.82. The van der Waals surface area contributed by atoms with Gasteiger partial charge >= 0.3 is 0 Å². The molecule has 2 amide bonds. The van der Waals surface area contributed by atoms with Crippen LogP contribution in [0.1, 0.15) is 12.0 Å². The number of benzene rings is 3. The first-order valence-electron chi connectivity index (χ1n) is 11.0. The van der Waals surface area contributed by atoms with Crippen molar-refractivity contribution in [2.75, 3.05) is 19.5 Å². The van der Waals surface area contributed by atoms with Gasteiger partial charge in [-0.05, 0) is 54.1 Å². The van der Waals surface area contributed by atoms with Gasteiger partial charge < -0.3 is 14.8 Å². The second kappa shape index (κ2) is 11.7. The van der Waals surface area contributed by atoms with Crippen LogP contribution in [0.5, 0.6) is 11.5 Å². The number of carbonyl (C=O) groups excluding carboxylic acids is 2. The molecule has 36 heavy (non-hydrogen) atoms. The van der Waals surface area contributed by atoms with Crippen LogP contribution in [0.3, 0.4) is 0 Å². The van der Waals surface area contributed by atoms with E-state index < -0.39 is 5.25 Å². The Morgan fingerprint density at radius 3 is 2.47 bits per heavy atom. The summed E-state index contributed by atoms with van der Waals surface area (Å²) in [7, 11) is 3.12. The molecule has 1 fully saturated rings. The van der Waals surface area contributed by atoms with Gasteiger partial charge in [-0.3, -0.25) is 14.5 Å². The van der Waals surface area contributed by atoms with Crippen LogP contribution in [-0.4, -0.2) is 41.4 Å². The summed E-state index contributed by atoms with van der Waals surface area (Å²) in [6, 6.07) is 19.3. The summed E-state index contributed by atoms with van der Waals surface area (Å²) in [6.07, 6.45) is 0.00782. The number of nitrogens with zero attached hydrogens (tertiary/aromatic N) is 2. The first kappa shape index (κ1) is 25.9. The van der Waals surface area contributed by atoms with Gasteiger partial charge in [0.25, 0.3) is 0 Å². The number of anilines is 1. The summed E-state index contributed by atoms with van der Waals surface area (Å²) < 4.78 is 10.7. The van der Waals surface area contributed by atoms with Crippen molar-refractivity contribution in [1.82, 2.24) is 4.90 Å². The molecule has 10 heteroatoms. The second-order valence-corrected chi connectivity index (χ2v) is 9.83. The van der Waals surface area contributed by atoms with Gasteiger partial charge in [-0.2, -0.15) is 0 Å². The van der Waals surface area contributed by atoms with E-state index in [0.29, 0.717) is 38.1 Å². The number of carbonyl (C=O) groups is 2. The lowest BCUT2D eigenvalue weighted by Crippen LogP contribution is -2.44. The fourth-order valence-corrected chi connectivity index (χ4v) is 4.97. The highest BCUT2D eigenvalue weighted by molar-refractivity contribution is 8.15. The number of hydrogen-bond donors (Lipinski definition) is 1. The lowest BCUT2D eigenvalue weighted by molar-refractivity contribution is -0.129. The number of rotatable bonds is 7. The van der Waals surface area contributed by atoms with Crippen LogP contribution in [0.15, 0.2) is 71.7 Å². The molecule has 0 radical (unpaired) electrons. The minimum absolute atomic E-state index is 0.00782. The number of methoxy groups -OCH3 is 2. The Hall–Kier alpha value is -3.20. The van der Waals surface area contributed by atoms with E-state index in [1.54, 1.807) is 73.7 Å². The Bertz CT molecular complexity index is 1300. The normalized spacial score (nSPS) is 16.7. The van der Waals surface area contributed by atoms with E-state index in [2.05, 4.69) is 10.3 Å². The first-order chi connectivity index (χ1) is 17.4. The molecule has 3 aromatic rings. The molecule has 7 nitrogen and oxygen atoms in total. The number of thioether (sulfide) groups is 1. The molecule has 0 spiro atoms. The number of nitrogens with one attached hydrogen (secondary N) is 1. The molecule has 0 aromatic heterocycles. The molecule has 1 atom stereocenters. The summed E-state index contributed by atoms with van der Waals surface area (Å²) in [4.78, 5) is 32.6. The summed E-state index contributed by atoms with van der Waals surface area (Å²) in [5.74, 6) is 0.596. The predicted octanol–water partition coefficient (Wildman–Crippen LogP) is 6.17. The Morgan fingerprint density at radius 1 is 1.06 bits per heavy atom. The number of halogens is 2. The van der Waals surface area contributed by atoms with Gasteiger partial charge in [0.2, 0.25) is 11.8 Å². The van der Waals surface area contributed by atoms with Crippen molar-refractivity contribution in [3.8, 4) is 11.5 Å². The standard InChI is InChI=1S/C26H23Cl2N3O4S/c1-34-21-12-7-16(13-22(21)35-2)15-31-24(32)14-23(25(33)30-20-6-4-3-5-19(20)28)36-26(31)29-18-10-8-17(27)9-11-18/h3-13,23H,14-15H2,1-2H3,(H,30,33). The van der Waals surface area contributed by atoms with Crippen LogP contribution in [0.25, 0.3) is 0 Å². The highest BCUT2D eigenvalue weighted by atomic mass is 35.5. The molecule has 1 aliphatic heterocycles. The summed E-state index contributed by atoms with van der Waals surface area (Å²) in [6.45, 7) is 0.247. The third kappa shape index (κ3) is 6.13. The molecular formula is C26H23Cl2N3O4S. The lowest BCUT2D eigenvalue weighted by Gasteiger charge is -2.32. The van der Waals surface area contributed by atoms with E-state index >= 15 is 0 Å². The van der Waals surface area contributed by atoms with Crippen molar-refractivity contribution in [3.63, 3.8) is 0 Å². The molecule has 1 aliphatic rings. The fraction of sp³-hybridized carbons (Fsp3) is 0.192. The van der Waals surface area contributed by atoms with Crippen molar-refractivity contribution in [2.45, 2.75) is 18.2 Å². The molecule has 3 aromatic carbocycles. The molecule has 1 heterocycles. The van der Waals surface area contributed by atoms with Crippen LogP contribution in [-0.2, 0) is 16.1 Å². The van der Waals surface area contributed by atoms with E-state index in [0.717, 1.165) is 5.56 Å². The SMILES string of the molecule is COc1ccc(CN2C(=O)CC(C(=O)Nc3ccccc3Cl)SC2=Nc2ccc(Cl)cc2)cc1OC. The topological polar surface area (TPSA) is 80.2 Å². The summed E-state index contributed by atoms with van der Waals surface area (Å²) in [5, 5.41) is 3.54. The Morgan fingerprint density at radius 2 is 1.78 bits per heavy atom. The van der Waals surface area contributed by atoms with Crippen LogP contribution in [0, 0.1) is 0 Å². The number of amides is 2. The summed E-state index contributed by atoms with van der Waals surface area (Å²) >= 11 is 13.4. The molecule has 4 rings (SSSR count). The molecular weight excluding hydrogens is 521 g/mol. The summed E-state index contributed by atoms with van der Waals surface area (Å²) in [5.41, 5.74) is 1.92. The zero-order valence-electron chi connectivity index (χ0n) is 19.5. The molecule has 1 N–H and O–H groups in total. The average molecular weight is 544 g/mol. The third-order valence-corrected chi connectivity index (χ3v) is 7.17. The molecule has 186 valence electrons. The molecule has 0 aliphatic carbocycles.